The maximum Gasteiger partial charge on any atom is 0.418 e. The number of halogens is 4. The molecular weight excluding hydrogens is 305 g/mol. The largest absolute Gasteiger partial charge is 0.418 e. The van der Waals surface area contributed by atoms with E-state index >= 15 is 0 Å². The van der Waals surface area contributed by atoms with E-state index in [0.29, 0.717) is 11.6 Å². The Labute approximate surface area is 124 Å². The van der Waals surface area contributed by atoms with Crippen LogP contribution in [0.4, 0.5) is 30.6 Å². The lowest BCUT2D eigenvalue weighted by atomic mass is 10.1. The van der Waals surface area contributed by atoms with Gasteiger partial charge in [-0.3, -0.25) is 0 Å². The number of alkyl halides is 3. The molecule has 0 saturated carbocycles. The molecule has 0 saturated heterocycles. The number of hydrogen-bond donors (Lipinski definition) is 2. The average Bonchev–Trinajstić information content (AvgIpc) is 2.39. The molecular formula is C13H12ClF3N4. The molecule has 0 aliphatic carbocycles. The highest BCUT2D eigenvalue weighted by Crippen LogP contribution is 2.37. The third-order valence-corrected chi connectivity index (χ3v) is 2.86. The molecule has 1 aromatic heterocycles. The summed E-state index contributed by atoms with van der Waals surface area (Å²) in [4.78, 5) is 8.13. The first-order valence-electron chi connectivity index (χ1n) is 5.97. The van der Waals surface area contributed by atoms with Crippen LogP contribution in [0.25, 0.3) is 0 Å². The fourth-order valence-corrected chi connectivity index (χ4v) is 1.91. The van der Waals surface area contributed by atoms with Crippen molar-refractivity contribution in [3.63, 3.8) is 0 Å². The maximum atomic E-state index is 13.0. The van der Waals surface area contributed by atoms with Gasteiger partial charge in [0.05, 0.1) is 11.3 Å². The van der Waals surface area contributed by atoms with Gasteiger partial charge in [-0.2, -0.15) is 18.2 Å². The molecule has 0 bridgehead atoms. The molecule has 4 nitrogen and oxygen atoms in total. The van der Waals surface area contributed by atoms with Gasteiger partial charge in [0.15, 0.2) is 0 Å². The molecule has 0 aliphatic rings. The Balaban J connectivity index is 2.42. The van der Waals surface area contributed by atoms with Crippen LogP contribution in [0.3, 0.4) is 0 Å². The summed E-state index contributed by atoms with van der Waals surface area (Å²) in [6.45, 7) is 1.72. The predicted molar refractivity (Wildman–Crippen MR) is 76.1 cm³/mol. The van der Waals surface area contributed by atoms with E-state index in [0.717, 1.165) is 6.07 Å². The number of nitrogens with one attached hydrogen (secondary N) is 2. The van der Waals surface area contributed by atoms with Crippen molar-refractivity contribution in [2.45, 2.75) is 13.1 Å². The number of nitrogens with zero attached hydrogens (tertiary/aromatic N) is 2. The normalized spacial score (nSPS) is 11.3. The molecule has 0 spiro atoms. The van der Waals surface area contributed by atoms with Crippen molar-refractivity contribution in [1.29, 1.82) is 0 Å². The summed E-state index contributed by atoms with van der Waals surface area (Å²) in [6, 6.07) is 5.07. The minimum atomic E-state index is -4.51. The van der Waals surface area contributed by atoms with E-state index in [1.54, 1.807) is 20.0 Å². The van der Waals surface area contributed by atoms with Crippen LogP contribution >= 0.6 is 11.6 Å². The zero-order valence-electron chi connectivity index (χ0n) is 11.2. The minimum Gasteiger partial charge on any atom is -0.357 e. The van der Waals surface area contributed by atoms with E-state index in [4.69, 9.17) is 11.6 Å². The van der Waals surface area contributed by atoms with E-state index < -0.39 is 11.7 Å². The van der Waals surface area contributed by atoms with Gasteiger partial charge in [0.2, 0.25) is 5.95 Å². The van der Waals surface area contributed by atoms with Crippen LogP contribution in [-0.4, -0.2) is 17.0 Å². The number of rotatable bonds is 3. The second kappa shape index (κ2) is 5.77. The van der Waals surface area contributed by atoms with Gasteiger partial charge in [-0.15, -0.1) is 0 Å². The van der Waals surface area contributed by atoms with E-state index in [9.17, 15) is 13.2 Å². The molecule has 2 N–H and O–H groups in total. The van der Waals surface area contributed by atoms with Crippen LogP contribution < -0.4 is 10.6 Å². The quantitative estimate of drug-likeness (QED) is 0.889. The Morgan fingerprint density at radius 3 is 2.48 bits per heavy atom. The molecule has 1 aromatic carbocycles. The topological polar surface area (TPSA) is 49.8 Å². The van der Waals surface area contributed by atoms with Crippen LogP contribution in [0.1, 0.15) is 11.3 Å². The number of aromatic nitrogens is 2. The summed E-state index contributed by atoms with van der Waals surface area (Å²) in [5.41, 5.74) is -0.344. The monoisotopic (exact) mass is 316 g/mol. The molecule has 8 heteroatoms. The van der Waals surface area contributed by atoms with E-state index in [2.05, 4.69) is 20.6 Å². The lowest BCUT2D eigenvalue weighted by molar-refractivity contribution is -0.136. The van der Waals surface area contributed by atoms with Crippen LogP contribution in [0.2, 0.25) is 5.02 Å². The standard InChI is InChI=1S/C13H12ClF3N4/c1-7-5-11(21-12(18-2)19-7)20-10-4-3-8(14)6-9(10)13(15,16)17/h3-6H,1-2H3,(H2,18,19,20,21). The fourth-order valence-electron chi connectivity index (χ4n) is 1.74. The highest BCUT2D eigenvalue weighted by molar-refractivity contribution is 6.30. The highest BCUT2D eigenvalue weighted by Gasteiger charge is 2.34. The highest BCUT2D eigenvalue weighted by atomic mass is 35.5. The first-order chi connectivity index (χ1) is 9.79. The van der Waals surface area contributed by atoms with Gasteiger partial charge in [-0.25, -0.2) is 4.98 Å². The van der Waals surface area contributed by atoms with Gasteiger partial charge in [-0.05, 0) is 25.1 Å². The predicted octanol–water partition coefficient (Wildman–Crippen LogP) is 4.24. The summed E-state index contributed by atoms with van der Waals surface area (Å²) in [5, 5.41) is 5.41. The van der Waals surface area contributed by atoms with E-state index in [1.807, 2.05) is 0 Å². The molecule has 0 aliphatic heterocycles. The van der Waals surface area contributed by atoms with Crippen molar-refractivity contribution < 1.29 is 13.2 Å². The second-order valence-corrected chi connectivity index (χ2v) is 4.72. The Bertz CT molecular complexity index is 658. The third kappa shape index (κ3) is 3.75. The van der Waals surface area contributed by atoms with Crippen molar-refractivity contribution in [3.05, 3.63) is 40.5 Å². The Hall–Kier alpha value is -2.02. The third-order valence-electron chi connectivity index (χ3n) is 2.63. The lowest BCUT2D eigenvalue weighted by Gasteiger charge is -2.15. The zero-order valence-corrected chi connectivity index (χ0v) is 12.0. The summed E-state index contributed by atoms with van der Waals surface area (Å²) in [7, 11) is 1.63. The first-order valence-corrected chi connectivity index (χ1v) is 6.34. The number of hydrogen-bond acceptors (Lipinski definition) is 4. The summed E-state index contributed by atoms with van der Waals surface area (Å²) in [6.07, 6.45) is -4.51. The molecule has 0 unspecified atom stereocenters. The van der Waals surface area contributed by atoms with Crippen LogP contribution in [0, 0.1) is 6.92 Å². The van der Waals surface area contributed by atoms with Gasteiger partial charge in [-0.1, -0.05) is 11.6 Å². The zero-order chi connectivity index (χ0) is 15.6. The van der Waals surface area contributed by atoms with Crippen LogP contribution in [0.15, 0.2) is 24.3 Å². The van der Waals surface area contributed by atoms with Gasteiger partial charge in [0, 0.05) is 23.8 Å². The molecule has 0 amide bonds. The van der Waals surface area contributed by atoms with Crippen molar-refractivity contribution in [2.75, 3.05) is 17.7 Å². The molecule has 1 heterocycles. The minimum absolute atomic E-state index is 0.0163. The molecule has 2 rings (SSSR count). The molecule has 0 radical (unpaired) electrons. The SMILES string of the molecule is CNc1nc(C)cc(Nc2ccc(Cl)cc2C(F)(F)F)n1. The Morgan fingerprint density at radius 2 is 1.86 bits per heavy atom. The summed E-state index contributed by atoms with van der Waals surface area (Å²) < 4.78 is 39.0. The number of benzene rings is 1. The molecule has 0 fully saturated rings. The van der Waals surface area contributed by atoms with Crippen molar-refractivity contribution in [2.24, 2.45) is 0 Å². The average molecular weight is 317 g/mol. The Kier molecular flexibility index (Phi) is 4.22. The van der Waals surface area contributed by atoms with Gasteiger partial charge < -0.3 is 10.6 Å². The van der Waals surface area contributed by atoms with Gasteiger partial charge in [0.25, 0.3) is 0 Å². The summed E-state index contributed by atoms with van der Waals surface area (Å²) in [5.74, 6) is 0.583. The van der Waals surface area contributed by atoms with Crippen LogP contribution in [0.5, 0.6) is 0 Å². The van der Waals surface area contributed by atoms with E-state index in [-0.39, 0.29) is 16.5 Å². The summed E-state index contributed by atoms with van der Waals surface area (Å²) >= 11 is 5.64. The van der Waals surface area contributed by atoms with E-state index in [1.165, 1.54) is 12.1 Å². The van der Waals surface area contributed by atoms with Crippen molar-refractivity contribution in [3.8, 4) is 0 Å². The van der Waals surface area contributed by atoms with Crippen molar-refractivity contribution in [1.82, 2.24) is 9.97 Å². The first kappa shape index (κ1) is 15.4. The Morgan fingerprint density at radius 1 is 1.14 bits per heavy atom. The van der Waals surface area contributed by atoms with Crippen LogP contribution in [-0.2, 0) is 6.18 Å². The number of aryl methyl sites for hydroxylation is 1. The molecule has 112 valence electrons. The van der Waals surface area contributed by atoms with Crippen molar-refractivity contribution >= 4 is 29.1 Å². The fraction of sp³-hybridized carbons (Fsp3) is 0.231. The second-order valence-electron chi connectivity index (χ2n) is 4.28. The number of anilines is 3. The van der Waals surface area contributed by atoms with Gasteiger partial charge in [0.1, 0.15) is 5.82 Å². The molecule has 0 atom stereocenters. The molecule has 21 heavy (non-hydrogen) atoms. The lowest BCUT2D eigenvalue weighted by Crippen LogP contribution is -2.10. The van der Waals surface area contributed by atoms with Gasteiger partial charge >= 0.3 is 6.18 Å². The smallest absolute Gasteiger partial charge is 0.357 e. The maximum absolute atomic E-state index is 13.0. The molecule has 2 aromatic rings.